The first-order valence-corrected chi connectivity index (χ1v) is 6.65. The van der Waals surface area contributed by atoms with Gasteiger partial charge in [0.15, 0.2) is 0 Å². The van der Waals surface area contributed by atoms with Gasteiger partial charge in [0.05, 0.1) is 4.90 Å². The van der Waals surface area contributed by atoms with E-state index in [2.05, 4.69) is 13.2 Å². The molecule has 0 saturated heterocycles. The number of hydrogen-bond acceptors (Lipinski definition) is 2. The van der Waals surface area contributed by atoms with Gasteiger partial charge in [0.2, 0.25) is 10.0 Å². The lowest BCUT2D eigenvalue weighted by Crippen LogP contribution is -2.28. The molecule has 0 aliphatic heterocycles. The Morgan fingerprint density at radius 3 is 2.35 bits per heavy atom. The summed E-state index contributed by atoms with van der Waals surface area (Å²) in [6.07, 6.45) is 1.56. The highest BCUT2D eigenvalue weighted by atomic mass is 32.2. The standard InChI is InChI=1S/C13H17NO2S/c1-5-11(2)10-14(4)17(15,16)13-8-6-12(3)7-9-13/h5-9H,1-2,10H2,3-4H3. The van der Waals surface area contributed by atoms with Gasteiger partial charge in [-0.25, -0.2) is 8.42 Å². The summed E-state index contributed by atoms with van der Waals surface area (Å²) >= 11 is 0. The lowest BCUT2D eigenvalue weighted by molar-refractivity contribution is 0.495. The van der Waals surface area contributed by atoms with Crippen LogP contribution in [0.4, 0.5) is 0 Å². The molecule has 0 bridgehead atoms. The molecule has 0 heterocycles. The predicted octanol–water partition coefficient (Wildman–Crippen LogP) is 2.36. The molecule has 0 amide bonds. The number of sulfonamides is 1. The van der Waals surface area contributed by atoms with Gasteiger partial charge in [0.1, 0.15) is 0 Å². The molecular formula is C13H17NO2S. The van der Waals surface area contributed by atoms with Crippen LogP contribution in [0, 0.1) is 6.92 Å². The van der Waals surface area contributed by atoms with Crippen LogP contribution in [-0.4, -0.2) is 26.3 Å². The van der Waals surface area contributed by atoms with Crippen LogP contribution < -0.4 is 0 Å². The van der Waals surface area contributed by atoms with Crippen molar-refractivity contribution in [3.63, 3.8) is 0 Å². The zero-order valence-electron chi connectivity index (χ0n) is 10.2. The maximum Gasteiger partial charge on any atom is 0.243 e. The molecule has 0 saturated carbocycles. The molecule has 0 atom stereocenters. The number of nitrogens with zero attached hydrogens (tertiary/aromatic N) is 1. The molecular weight excluding hydrogens is 234 g/mol. The topological polar surface area (TPSA) is 37.4 Å². The normalized spacial score (nSPS) is 11.5. The fourth-order valence-electron chi connectivity index (χ4n) is 1.33. The monoisotopic (exact) mass is 251 g/mol. The molecule has 0 aliphatic rings. The van der Waals surface area contributed by atoms with Gasteiger partial charge in [-0.1, -0.05) is 36.9 Å². The number of likely N-dealkylation sites (N-methyl/N-ethyl adjacent to an activating group) is 1. The second kappa shape index (κ2) is 5.29. The number of hydrogen-bond donors (Lipinski definition) is 0. The highest BCUT2D eigenvalue weighted by molar-refractivity contribution is 7.89. The predicted molar refractivity (Wildman–Crippen MR) is 70.3 cm³/mol. The number of benzene rings is 1. The lowest BCUT2D eigenvalue weighted by Gasteiger charge is -2.17. The molecule has 1 aromatic carbocycles. The second-order valence-corrected chi connectivity index (χ2v) is 5.98. The summed E-state index contributed by atoms with van der Waals surface area (Å²) in [5.41, 5.74) is 1.70. The second-order valence-electron chi connectivity index (χ2n) is 3.94. The van der Waals surface area contributed by atoms with Crippen LogP contribution in [0.25, 0.3) is 0 Å². The van der Waals surface area contributed by atoms with Crippen molar-refractivity contribution in [1.82, 2.24) is 4.31 Å². The minimum Gasteiger partial charge on any atom is -0.207 e. The SMILES string of the molecule is C=CC(=C)CN(C)S(=O)(=O)c1ccc(C)cc1. The van der Waals surface area contributed by atoms with E-state index in [0.717, 1.165) is 5.56 Å². The van der Waals surface area contributed by atoms with Crippen LogP contribution in [-0.2, 0) is 10.0 Å². The van der Waals surface area contributed by atoms with Gasteiger partial charge < -0.3 is 0 Å². The minimum atomic E-state index is -3.44. The molecule has 3 nitrogen and oxygen atoms in total. The zero-order valence-corrected chi connectivity index (χ0v) is 11.0. The van der Waals surface area contributed by atoms with E-state index in [1.54, 1.807) is 30.3 Å². The van der Waals surface area contributed by atoms with Gasteiger partial charge in [-0.3, -0.25) is 0 Å². The van der Waals surface area contributed by atoms with E-state index in [9.17, 15) is 8.42 Å². The van der Waals surface area contributed by atoms with Gasteiger partial charge >= 0.3 is 0 Å². The smallest absolute Gasteiger partial charge is 0.207 e. The Labute approximate surface area is 103 Å². The first-order valence-electron chi connectivity index (χ1n) is 5.21. The Balaban J connectivity index is 2.98. The van der Waals surface area contributed by atoms with E-state index in [1.807, 2.05) is 6.92 Å². The van der Waals surface area contributed by atoms with Crippen molar-refractivity contribution in [1.29, 1.82) is 0 Å². The third-order valence-corrected chi connectivity index (χ3v) is 4.26. The molecule has 17 heavy (non-hydrogen) atoms. The molecule has 0 aromatic heterocycles. The Morgan fingerprint density at radius 2 is 1.88 bits per heavy atom. The van der Waals surface area contributed by atoms with E-state index >= 15 is 0 Å². The number of rotatable bonds is 5. The highest BCUT2D eigenvalue weighted by Crippen LogP contribution is 2.15. The molecule has 4 heteroatoms. The first kappa shape index (κ1) is 13.7. The number of aryl methyl sites for hydroxylation is 1. The molecule has 1 aromatic rings. The third-order valence-electron chi connectivity index (χ3n) is 2.44. The van der Waals surface area contributed by atoms with Crippen LogP contribution in [0.3, 0.4) is 0 Å². The highest BCUT2D eigenvalue weighted by Gasteiger charge is 2.20. The molecule has 92 valence electrons. The average molecular weight is 251 g/mol. The van der Waals surface area contributed by atoms with Crippen molar-refractivity contribution in [2.75, 3.05) is 13.6 Å². The van der Waals surface area contributed by atoms with Crippen molar-refractivity contribution in [3.8, 4) is 0 Å². The van der Waals surface area contributed by atoms with Crippen LogP contribution >= 0.6 is 0 Å². The Hall–Kier alpha value is -1.39. The minimum absolute atomic E-state index is 0.250. The summed E-state index contributed by atoms with van der Waals surface area (Å²) in [7, 11) is -1.90. The summed E-state index contributed by atoms with van der Waals surface area (Å²) in [6, 6.07) is 6.78. The van der Waals surface area contributed by atoms with Crippen LogP contribution in [0.1, 0.15) is 5.56 Å². The van der Waals surface area contributed by atoms with Gasteiger partial charge in [-0.2, -0.15) is 4.31 Å². The maximum absolute atomic E-state index is 12.1. The Bertz CT molecular complexity index is 515. The van der Waals surface area contributed by atoms with Gasteiger partial charge in [-0.05, 0) is 24.6 Å². The van der Waals surface area contributed by atoms with Crippen molar-refractivity contribution in [2.24, 2.45) is 0 Å². The molecule has 1 rings (SSSR count). The Morgan fingerprint density at radius 1 is 1.35 bits per heavy atom. The molecule has 0 radical (unpaired) electrons. The average Bonchev–Trinajstić information content (AvgIpc) is 2.29. The summed E-state index contributed by atoms with van der Waals surface area (Å²) in [4.78, 5) is 0.294. The summed E-state index contributed by atoms with van der Waals surface area (Å²) in [5.74, 6) is 0. The summed E-state index contributed by atoms with van der Waals surface area (Å²) < 4.78 is 25.6. The lowest BCUT2D eigenvalue weighted by atomic mass is 10.2. The van der Waals surface area contributed by atoms with E-state index in [4.69, 9.17) is 0 Å². The van der Waals surface area contributed by atoms with Gasteiger partial charge in [0.25, 0.3) is 0 Å². The molecule has 0 N–H and O–H groups in total. The first-order chi connectivity index (χ1) is 7.87. The van der Waals surface area contributed by atoms with Crippen LogP contribution in [0.15, 0.2) is 54.0 Å². The van der Waals surface area contributed by atoms with Crippen molar-refractivity contribution in [3.05, 3.63) is 54.6 Å². The van der Waals surface area contributed by atoms with E-state index in [-0.39, 0.29) is 6.54 Å². The van der Waals surface area contributed by atoms with Crippen molar-refractivity contribution in [2.45, 2.75) is 11.8 Å². The largest absolute Gasteiger partial charge is 0.243 e. The summed E-state index contributed by atoms with van der Waals surface area (Å²) in [6.45, 7) is 9.44. The van der Waals surface area contributed by atoms with Crippen molar-refractivity contribution >= 4 is 10.0 Å². The quantitative estimate of drug-likeness (QED) is 0.753. The molecule has 0 unspecified atom stereocenters. The molecule has 0 aliphatic carbocycles. The van der Waals surface area contributed by atoms with Crippen LogP contribution in [0.5, 0.6) is 0 Å². The van der Waals surface area contributed by atoms with E-state index < -0.39 is 10.0 Å². The fourth-order valence-corrected chi connectivity index (χ4v) is 2.50. The fraction of sp³-hybridized carbons (Fsp3) is 0.231. The van der Waals surface area contributed by atoms with Gasteiger partial charge in [-0.15, -0.1) is 0 Å². The van der Waals surface area contributed by atoms with E-state index in [0.29, 0.717) is 10.5 Å². The third kappa shape index (κ3) is 3.28. The molecule has 0 spiro atoms. The molecule has 0 fully saturated rings. The summed E-state index contributed by atoms with van der Waals surface area (Å²) in [5, 5.41) is 0. The Kier molecular flexibility index (Phi) is 4.26. The van der Waals surface area contributed by atoms with Gasteiger partial charge in [0, 0.05) is 13.6 Å². The van der Waals surface area contributed by atoms with Crippen LogP contribution in [0.2, 0.25) is 0 Å². The van der Waals surface area contributed by atoms with E-state index in [1.165, 1.54) is 11.4 Å². The zero-order chi connectivity index (χ0) is 13.1. The van der Waals surface area contributed by atoms with Crippen molar-refractivity contribution < 1.29 is 8.42 Å². The maximum atomic E-state index is 12.1.